The van der Waals surface area contributed by atoms with Gasteiger partial charge in [0, 0.05) is 11.5 Å². The number of unbranched alkanes of at least 4 members (excludes halogenated alkanes) is 2. The predicted octanol–water partition coefficient (Wildman–Crippen LogP) is 6.94. The maximum Gasteiger partial charge on any atom is 0.0249 e. The molecule has 0 radical (unpaired) electrons. The lowest BCUT2D eigenvalue weighted by Crippen LogP contribution is -2.12. The molecule has 0 N–H and O–H groups in total. The molecule has 0 heteroatoms. The molecule has 26 heavy (non-hydrogen) atoms. The van der Waals surface area contributed by atoms with Crippen LogP contribution in [0.5, 0.6) is 0 Å². The molecule has 1 saturated carbocycles. The lowest BCUT2D eigenvalue weighted by molar-refractivity contribution is 0.300. The zero-order chi connectivity index (χ0) is 18.5. The van der Waals surface area contributed by atoms with Crippen molar-refractivity contribution in [3.63, 3.8) is 0 Å². The quantitative estimate of drug-likeness (QED) is 0.387. The Kier molecular flexibility index (Phi) is 9.75. The SMILES string of the molecule is CCCCCc1ccc(C#CC=CC#CC2CCC(CCC)CC2)cc1. The molecular formula is C26H34. The van der Waals surface area contributed by atoms with Crippen LogP contribution in [0.2, 0.25) is 0 Å². The summed E-state index contributed by atoms with van der Waals surface area (Å²) < 4.78 is 0. The van der Waals surface area contributed by atoms with Crippen LogP contribution in [0.1, 0.15) is 82.8 Å². The molecule has 0 aromatic heterocycles. The summed E-state index contributed by atoms with van der Waals surface area (Å²) in [6, 6.07) is 8.67. The molecule has 0 saturated heterocycles. The lowest BCUT2D eigenvalue weighted by Gasteiger charge is -2.25. The summed E-state index contributed by atoms with van der Waals surface area (Å²) in [5, 5.41) is 0. The summed E-state index contributed by atoms with van der Waals surface area (Å²) >= 11 is 0. The largest absolute Gasteiger partial charge is 0.0951 e. The van der Waals surface area contributed by atoms with E-state index in [0.717, 1.165) is 11.5 Å². The Morgan fingerprint density at radius 1 is 0.885 bits per heavy atom. The van der Waals surface area contributed by atoms with Gasteiger partial charge in [0.25, 0.3) is 0 Å². The lowest BCUT2D eigenvalue weighted by atomic mass is 9.80. The minimum absolute atomic E-state index is 0.598. The first-order valence-electron chi connectivity index (χ1n) is 10.6. The summed E-state index contributed by atoms with van der Waals surface area (Å²) in [6.45, 7) is 4.54. The Labute approximate surface area is 161 Å². The second-order valence-electron chi connectivity index (χ2n) is 7.55. The molecule has 0 unspecified atom stereocenters. The van der Waals surface area contributed by atoms with Crippen molar-refractivity contribution in [2.24, 2.45) is 11.8 Å². The summed E-state index contributed by atoms with van der Waals surface area (Å²) in [7, 11) is 0. The van der Waals surface area contributed by atoms with Crippen molar-refractivity contribution in [3.05, 3.63) is 47.5 Å². The van der Waals surface area contributed by atoms with E-state index < -0.39 is 0 Å². The fourth-order valence-corrected chi connectivity index (χ4v) is 3.71. The standard InChI is InChI=1S/C26H34/c1-3-5-8-12-24-19-21-26(22-20-24)14-10-7-6-9-13-25-17-15-23(11-4-2)16-18-25/h6-7,19-23,25H,3-5,8,11-12,15-18H2,1-2H3. The van der Waals surface area contributed by atoms with Crippen molar-refractivity contribution < 1.29 is 0 Å². The van der Waals surface area contributed by atoms with Gasteiger partial charge in [0.2, 0.25) is 0 Å². The predicted molar refractivity (Wildman–Crippen MR) is 114 cm³/mol. The maximum absolute atomic E-state index is 3.41. The van der Waals surface area contributed by atoms with E-state index in [1.54, 1.807) is 0 Å². The first kappa shape index (κ1) is 20.4. The topological polar surface area (TPSA) is 0 Å². The molecule has 1 aromatic carbocycles. The van der Waals surface area contributed by atoms with Crippen molar-refractivity contribution in [1.82, 2.24) is 0 Å². The van der Waals surface area contributed by atoms with Gasteiger partial charge < -0.3 is 0 Å². The van der Waals surface area contributed by atoms with Crippen LogP contribution in [-0.2, 0) is 6.42 Å². The van der Waals surface area contributed by atoms with Gasteiger partial charge in [0.1, 0.15) is 0 Å². The van der Waals surface area contributed by atoms with E-state index in [9.17, 15) is 0 Å². The average Bonchev–Trinajstić information content (AvgIpc) is 2.67. The molecular weight excluding hydrogens is 312 g/mol. The molecule has 0 heterocycles. The smallest absolute Gasteiger partial charge is 0.0249 e. The van der Waals surface area contributed by atoms with Crippen LogP contribution in [0.25, 0.3) is 0 Å². The molecule has 0 amide bonds. The van der Waals surface area contributed by atoms with E-state index in [0.29, 0.717) is 5.92 Å². The number of allylic oxidation sites excluding steroid dienone is 2. The highest BCUT2D eigenvalue weighted by Gasteiger charge is 2.18. The third-order valence-corrected chi connectivity index (χ3v) is 5.32. The molecule has 2 rings (SSSR count). The minimum Gasteiger partial charge on any atom is -0.0951 e. The van der Waals surface area contributed by atoms with Gasteiger partial charge in [-0.3, -0.25) is 0 Å². The van der Waals surface area contributed by atoms with Crippen LogP contribution in [0.4, 0.5) is 0 Å². The summed E-state index contributed by atoms with van der Waals surface area (Å²) in [5.41, 5.74) is 2.50. The summed E-state index contributed by atoms with van der Waals surface area (Å²) in [6.07, 6.45) is 16.8. The van der Waals surface area contributed by atoms with Crippen molar-refractivity contribution in [3.8, 4) is 23.7 Å². The molecule has 1 fully saturated rings. The first-order chi connectivity index (χ1) is 12.8. The van der Waals surface area contributed by atoms with E-state index in [2.05, 4.69) is 61.8 Å². The average molecular weight is 347 g/mol. The van der Waals surface area contributed by atoms with Gasteiger partial charge in [-0.25, -0.2) is 0 Å². The third-order valence-electron chi connectivity index (χ3n) is 5.32. The van der Waals surface area contributed by atoms with Crippen molar-refractivity contribution in [1.29, 1.82) is 0 Å². The van der Waals surface area contributed by atoms with Crippen molar-refractivity contribution >= 4 is 0 Å². The third kappa shape index (κ3) is 7.97. The number of rotatable bonds is 6. The van der Waals surface area contributed by atoms with Gasteiger partial charge in [0.05, 0.1) is 0 Å². The molecule has 0 aliphatic heterocycles. The van der Waals surface area contributed by atoms with Gasteiger partial charge >= 0.3 is 0 Å². The highest BCUT2D eigenvalue weighted by Crippen LogP contribution is 2.30. The fraction of sp³-hybridized carbons (Fsp3) is 0.538. The molecule has 0 atom stereocenters. The van der Waals surface area contributed by atoms with Gasteiger partial charge in [0.15, 0.2) is 0 Å². The van der Waals surface area contributed by atoms with E-state index in [4.69, 9.17) is 0 Å². The van der Waals surface area contributed by atoms with Gasteiger partial charge in [-0.2, -0.15) is 0 Å². The number of hydrogen-bond acceptors (Lipinski definition) is 0. The normalized spacial score (nSPS) is 19.5. The van der Waals surface area contributed by atoms with E-state index in [1.165, 1.54) is 69.8 Å². The minimum atomic E-state index is 0.598. The van der Waals surface area contributed by atoms with E-state index in [-0.39, 0.29) is 0 Å². The Bertz CT molecular complexity index is 646. The Morgan fingerprint density at radius 2 is 1.62 bits per heavy atom. The first-order valence-corrected chi connectivity index (χ1v) is 10.6. The summed E-state index contributed by atoms with van der Waals surface area (Å²) in [5.74, 6) is 14.5. The van der Waals surface area contributed by atoms with Gasteiger partial charge in [-0.1, -0.05) is 75.3 Å². The highest BCUT2D eigenvalue weighted by atomic mass is 14.2. The number of benzene rings is 1. The Balaban J connectivity index is 1.73. The molecule has 138 valence electrons. The molecule has 0 spiro atoms. The highest BCUT2D eigenvalue weighted by molar-refractivity contribution is 5.39. The van der Waals surface area contributed by atoms with E-state index >= 15 is 0 Å². The fourth-order valence-electron chi connectivity index (χ4n) is 3.71. The van der Waals surface area contributed by atoms with Crippen LogP contribution >= 0.6 is 0 Å². The zero-order valence-electron chi connectivity index (χ0n) is 16.7. The second-order valence-corrected chi connectivity index (χ2v) is 7.55. The van der Waals surface area contributed by atoms with Crippen LogP contribution in [0, 0.1) is 35.5 Å². The second kappa shape index (κ2) is 12.4. The molecule has 1 aliphatic carbocycles. The van der Waals surface area contributed by atoms with Crippen molar-refractivity contribution in [2.75, 3.05) is 0 Å². The van der Waals surface area contributed by atoms with Crippen LogP contribution in [0.3, 0.4) is 0 Å². The summed E-state index contributed by atoms with van der Waals surface area (Å²) in [4.78, 5) is 0. The van der Waals surface area contributed by atoms with Crippen molar-refractivity contribution in [2.45, 2.75) is 78.1 Å². The van der Waals surface area contributed by atoms with E-state index in [1.807, 2.05) is 12.2 Å². The van der Waals surface area contributed by atoms with Crippen LogP contribution in [-0.4, -0.2) is 0 Å². The number of aryl methyl sites for hydroxylation is 1. The monoisotopic (exact) mass is 346 g/mol. The van der Waals surface area contributed by atoms with Gasteiger partial charge in [-0.15, -0.1) is 0 Å². The van der Waals surface area contributed by atoms with Gasteiger partial charge in [-0.05, 0) is 74.3 Å². The Morgan fingerprint density at radius 3 is 2.31 bits per heavy atom. The maximum atomic E-state index is 3.41. The zero-order valence-corrected chi connectivity index (χ0v) is 16.7. The molecule has 0 nitrogen and oxygen atoms in total. The number of hydrogen-bond donors (Lipinski definition) is 0. The molecule has 1 aliphatic rings. The van der Waals surface area contributed by atoms with Crippen LogP contribution in [0.15, 0.2) is 36.4 Å². The molecule has 0 bridgehead atoms. The Hall–Kier alpha value is -1.92. The van der Waals surface area contributed by atoms with Crippen LogP contribution < -0.4 is 0 Å². The molecule has 1 aromatic rings.